The molecule has 2 aromatic carbocycles. The van der Waals surface area contributed by atoms with Crippen LogP contribution in [0, 0.1) is 0 Å². The number of rotatable bonds is 4. The molecular formula is C17H16O4. The maximum atomic E-state index is 11.7. The predicted octanol–water partition coefficient (Wildman–Crippen LogP) is 3.44. The predicted molar refractivity (Wildman–Crippen MR) is 81.1 cm³/mol. The van der Waals surface area contributed by atoms with E-state index in [1.54, 1.807) is 43.3 Å². The van der Waals surface area contributed by atoms with Gasteiger partial charge in [-0.3, -0.25) is 0 Å². The number of benzene rings is 2. The van der Waals surface area contributed by atoms with E-state index in [4.69, 9.17) is 4.74 Å². The van der Waals surface area contributed by atoms with Gasteiger partial charge >= 0.3 is 5.97 Å². The van der Waals surface area contributed by atoms with Crippen LogP contribution in [0.3, 0.4) is 0 Å². The molecule has 4 heteroatoms. The molecule has 0 fully saturated rings. The van der Waals surface area contributed by atoms with E-state index in [9.17, 15) is 15.0 Å². The van der Waals surface area contributed by atoms with Crippen molar-refractivity contribution in [3.63, 3.8) is 0 Å². The van der Waals surface area contributed by atoms with E-state index in [1.165, 1.54) is 6.07 Å². The number of phenolic OH excluding ortho intramolecular Hbond substituents is 2. The molecule has 0 radical (unpaired) electrons. The Morgan fingerprint density at radius 2 is 1.67 bits per heavy atom. The number of phenols is 2. The van der Waals surface area contributed by atoms with Crippen molar-refractivity contribution in [2.45, 2.75) is 6.92 Å². The molecule has 0 heterocycles. The molecule has 0 aliphatic heterocycles. The molecular weight excluding hydrogens is 268 g/mol. The summed E-state index contributed by atoms with van der Waals surface area (Å²) in [5.74, 6) is -0.438. The van der Waals surface area contributed by atoms with Crippen LogP contribution >= 0.6 is 0 Å². The van der Waals surface area contributed by atoms with Crippen LogP contribution in [0.1, 0.15) is 28.4 Å². The zero-order chi connectivity index (χ0) is 15.2. The van der Waals surface area contributed by atoms with Gasteiger partial charge in [-0.2, -0.15) is 0 Å². The molecule has 0 aliphatic rings. The summed E-state index contributed by atoms with van der Waals surface area (Å²) in [6.07, 6.45) is 3.66. The number of esters is 1. The van der Waals surface area contributed by atoms with Gasteiger partial charge in [0, 0.05) is 0 Å². The standard InChI is InChI=1S/C17H16O4/c1-2-21-17(20)15-11-13(7-10-16(15)19)4-3-12-5-8-14(18)9-6-12/h3-11,18-19H,2H2,1H3. The molecule has 108 valence electrons. The van der Waals surface area contributed by atoms with Crippen molar-refractivity contribution in [3.05, 3.63) is 59.2 Å². The zero-order valence-electron chi connectivity index (χ0n) is 11.6. The average Bonchev–Trinajstić information content (AvgIpc) is 2.48. The Labute approximate surface area is 122 Å². The molecule has 0 unspecified atom stereocenters. The van der Waals surface area contributed by atoms with E-state index in [2.05, 4.69) is 0 Å². The van der Waals surface area contributed by atoms with Gasteiger partial charge in [-0.15, -0.1) is 0 Å². The van der Waals surface area contributed by atoms with Crippen LogP contribution in [0.15, 0.2) is 42.5 Å². The van der Waals surface area contributed by atoms with Gasteiger partial charge in [0.15, 0.2) is 0 Å². The minimum absolute atomic E-state index is 0.102. The second-order valence-electron chi connectivity index (χ2n) is 4.42. The summed E-state index contributed by atoms with van der Waals surface area (Å²) in [5, 5.41) is 18.9. The molecule has 0 spiro atoms. The van der Waals surface area contributed by atoms with Gasteiger partial charge in [0.1, 0.15) is 17.1 Å². The largest absolute Gasteiger partial charge is 0.508 e. The fourth-order valence-corrected chi connectivity index (χ4v) is 1.81. The summed E-state index contributed by atoms with van der Waals surface area (Å²) >= 11 is 0. The van der Waals surface area contributed by atoms with E-state index in [-0.39, 0.29) is 23.7 Å². The van der Waals surface area contributed by atoms with Gasteiger partial charge in [0.25, 0.3) is 0 Å². The average molecular weight is 284 g/mol. The highest BCUT2D eigenvalue weighted by Gasteiger charge is 2.12. The first-order chi connectivity index (χ1) is 10.1. The van der Waals surface area contributed by atoms with E-state index >= 15 is 0 Å². The third kappa shape index (κ3) is 3.86. The van der Waals surface area contributed by atoms with Gasteiger partial charge in [-0.25, -0.2) is 4.79 Å². The van der Waals surface area contributed by atoms with Gasteiger partial charge in [-0.1, -0.05) is 30.4 Å². The van der Waals surface area contributed by atoms with Crippen LogP contribution in [0.25, 0.3) is 12.2 Å². The fourth-order valence-electron chi connectivity index (χ4n) is 1.81. The molecule has 0 bridgehead atoms. The Bertz CT molecular complexity index is 657. The molecule has 0 atom stereocenters. The van der Waals surface area contributed by atoms with Crippen LogP contribution in [0.2, 0.25) is 0 Å². The summed E-state index contributed by atoms with van der Waals surface area (Å²) in [5.41, 5.74) is 1.83. The maximum Gasteiger partial charge on any atom is 0.341 e. The highest BCUT2D eigenvalue weighted by molar-refractivity contribution is 5.93. The lowest BCUT2D eigenvalue weighted by Crippen LogP contribution is -2.05. The minimum atomic E-state index is -0.546. The number of hydrogen-bond acceptors (Lipinski definition) is 4. The third-order valence-electron chi connectivity index (χ3n) is 2.88. The smallest absolute Gasteiger partial charge is 0.341 e. The number of hydrogen-bond donors (Lipinski definition) is 2. The van der Waals surface area contributed by atoms with Gasteiger partial charge in [0.2, 0.25) is 0 Å². The van der Waals surface area contributed by atoms with Crippen molar-refractivity contribution in [3.8, 4) is 11.5 Å². The summed E-state index contributed by atoms with van der Waals surface area (Å²) < 4.78 is 4.89. The normalized spacial score (nSPS) is 10.7. The first-order valence-corrected chi connectivity index (χ1v) is 6.57. The number of carbonyl (C=O) groups excluding carboxylic acids is 1. The molecule has 0 amide bonds. The number of aromatic hydroxyl groups is 2. The SMILES string of the molecule is CCOC(=O)c1cc(C=Cc2ccc(O)cc2)ccc1O. The number of carbonyl (C=O) groups is 1. The van der Waals surface area contributed by atoms with Crippen LogP contribution in [-0.2, 0) is 4.74 Å². The zero-order valence-corrected chi connectivity index (χ0v) is 11.6. The maximum absolute atomic E-state index is 11.7. The Morgan fingerprint density at radius 3 is 2.33 bits per heavy atom. The minimum Gasteiger partial charge on any atom is -0.508 e. The van der Waals surface area contributed by atoms with Crippen LogP contribution in [0.5, 0.6) is 11.5 Å². The molecule has 2 aromatic rings. The van der Waals surface area contributed by atoms with E-state index in [1.807, 2.05) is 12.2 Å². The summed E-state index contributed by atoms with van der Waals surface area (Å²) in [6, 6.07) is 11.5. The highest BCUT2D eigenvalue weighted by Crippen LogP contribution is 2.21. The molecule has 0 aliphatic carbocycles. The monoisotopic (exact) mass is 284 g/mol. The van der Waals surface area contributed by atoms with Gasteiger partial charge in [-0.05, 0) is 42.3 Å². The first kappa shape index (κ1) is 14.7. The number of ether oxygens (including phenoxy) is 1. The highest BCUT2D eigenvalue weighted by atomic mass is 16.5. The van der Waals surface area contributed by atoms with Gasteiger partial charge < -0.3 is 14.9 Å². The molecule has 0 aromatic heterocycles. The Hall–Kier alpha value is -2.75. The first-order valence-electron chi connectivity index (χ1n) is 6.57. The van der Waals surface area contributed by atoms with Crippen molar-refractivity contribution in [2.24, 2.45) is 0 Å². The van der Waals surface area contributed by atoms with Crippen LogP contribution in [0.4, 0.5) is 0 Å². The Morgan fingerprint density at radius 1 is 1.05 bits per heavy atom. The lowest BCUT2D eigenvalue weighted by atomic mass is 10.1. The fraction of sp³-hybridized carbons (Fsp3) is 0.118. The second-order valence-corrected chi connectivity index (χ2v) is 4.42. The van der Waals surface area contributed by atoms with Crippen molar-refractivity contribution >= 4 is 18.1 Å². The quantitative estimate of drug-likeness (QED) is 0.666. The summed E-state index contributed by atoms with van der Waals surface area (Å²) in [6.45, 7) is 1.97. The lowest BCUT2D eigenvalue weighted by molar-refractivity contribution is 0.0523. The van der Waals surface area contributed by atoms with Crippen molar-refractivity contribution < 1.29 is 19.7 Å². The van der Waals surface area contributed by atoms with Crippen LogP contribution in [-0.4, -0.2) is 22.8 Å². The van der Waals surface area contributed by atoms with Crippen molar-refractivity contribution in [1.29, 1.82) is 0 Å². The van der Waals surface area contributed by atoms with Crippen LogP contribution < -0.4 is 0 Å². The van der Waals surface area contributed by atoms with E-state index in [0.717, 1.165) is 11.1 Å². The van der Waals surface area contributed by atoms with E-state index in [0.29, 0.717) is 0 Å². The molecule has 21 heavy (non-hydrogen) atoms. The Balaban J connectivity index is 2.22. The molecule has 4 nitrogen and oxygen atoms in total. The van der Waals surface area contributed by atoms with Gasteiger partial charge in [0.05, 0.1) is 6.61 Å². The molecule has 2 N–H and O–H groups in total. The summed E-state index contributed by atoms with van der Waals surface area (Å²) in [7, 11) is 0. The Kier molecular flexibility index (Phi) is 4.61. The molecule has 0 saturated heterocycles. The second kappa shape index (κ2) is 6.61. The lowest BCUT2D eigenvalue weighted by Gasteiger charge is -2.05. The van der Waals surface area contributed by atoms with E-state index < -0.39 is 5.97 Å². The molecule has 0 saturated carbocycles. The topological polar surface area (TPSA) is 66.8 Å². The molecule has 2 rings (SSSR count). The summed E-state index contributed by atoms with van der Waals surface area (Å²) in [4.78, 5) is 11.7. The third-order valence-corrected chi connectivity index (χ3v) is 2.88. The van der Waals surface area contributed by atoms with Crippen molar-refractivity contribution in [1.82, 2.24) is 0 Å². The van der Waals surface area contributed by atoms with Crippen molar-refractivity contribution in [2.75, 3.05) is 6.61 Å².